The molecule has 0 unspecified atom stereocenters. The van der Waals surface area contributed by atoms with Crippen molar-refractivity contribution in [2.24, 2.45) is 0 Å². The quantitative estimate of drug-likeness (QED) is 0.452. The van der Waals surface area contributed by atoms with E-state index in [0.29, 0.717) is 22.3 Å². The first-order chi connectivity index (χ1) is 17.9. The largest absolute Gasteiger partial charge is 0.489 e. The van der Waals surface area contributed by atoms with Crippen LogP contribution in [0.1, 0.15) is 41.4 Å². The van der Waals surface area contributed by atoms with E-state index in [2.05, 4.69) is 10.3 Å². The molecule has 1 amide bonds. The smallest absolute Gasteiger partial charge is 0.252 e. The summed E-state index contributed by atoms with van der Waals surface area (Å²) in [7, 11) is 2.66. The molecule has 0 radical (unpaired) electrons. The van der Waals surface area contributed by atoms with Gasteiger partial charge in [-0.15, -0.1) is 0 Å². The van der Waals surface area contributed by atoms with Crippen molar-refractivity contribution in [2.75, 3.05) is 14.2 Å². The molecule has 0 bridgehead atoms. The number of pyridine rings is 1. The van der Waals surface area contributed by atoms with Crippen LogP contribution in [0.2, 0.25) is 0 Å². The Morgan fingerprint density at radius 3 is 2.27 bits per heavy atom. The lowest BCUT2D eigenvalue weighted by atomic mass is 9.85. The Kier molecular flexibility index (Phi) is 7.63. The molecule has 3 aromatic rings. The summed E-state index contributed by atoms with van der Waals surface area (Å²) in [6.45, 7) is 3.52. The van der Waals surface area contributed by atoms with Crippen molar-refractivity contribution in [2.45, 2.75) is 26.3 Å². The molecule has 7 heteroatoms. The number of hydrogen-bond acceptors (Lipinski definition) is 6. The van der Waals surface area contributed by atoms with Gasteiger partial charge in [-0.25, -0.2) is 0 Å². The fourth-order valence-corrected chi connectivity index (χ4v) is 4.48. The van der Waals surface area contributed by atoms with E-state index in [0.717, 1.165) is 11.1 Å². The number of Topliss-reactive ketones (excluding diaryl/α,β-unsaturated/α-hetero) is 2. The number of rotatable bonds is 8. The van der Waals surface area contributed by atoms with Gasteiger partial charge in [-0.05, 0) is 42.7 Å². The van der Waals surface area contributed by atoms with Gasteiger partial charge in [0.1, 0.15) is 0 Å². The molecule has 37 heavy (non-hydrogen) atoms. The number of allylic oxidation sites excluding steroid dienone is 2. The van der Waals surface area contributed by atoms with Gasteiger partial charge in [0.25, 0.3) is 5.91 Å². The van der Waals surface area contributed by atoms with E-state index in [9.17, 15) is 14.4 Å². The Morgan fingerprint density at radius 1 is 0.919 bits per heavy atom. The van der Waals surface area contributed by atoms with Crippen LogP contribution in [-0.2, 0) is 25.5 Å². The number of nitrogens with zero attached hydrogens (tertiary/aromatic N) is 1. The molecule has 1 aliphatic carbocycles. The zero-order valence-electron chi connectivity index (χ0n) is 21.2. The van der Waals surface area contributed by atoms with Crippen molar-refractivity contribution in [1.29, 1.82) is 0 Å². The van der Waals surface area contributed by atoms with Crippen LogP contribution in [-0.4, -0.2) is 36.7 Å². The predicted molar refractivity (Wildman–Crippen MR) is 139 cm³/mol. The molecule has 1 atom stereocenters. The summed E-state index contributed by atoms with van der Waals surface area (Å²) >= 11 is 0. The number of amides is 1. The molecule has 188 valence electrons. The molecule has 1 N–H and O–H groups in total. The summed E-state index contributed by atoms with van der Waals surface area (Å²) in [4.78, 5) is 44.0. The van der Waals surface area contributed by atoms with E-state index in [4.69, 9.17) is 9.47 Å². The van der Waals surface area contributed by atoms with Crippen LogP contribution in [0.15, 0.2) is 95.7 Å². The van der Waals surface area contributed by atoms with Gasteiger partial charge in [0, 0.05) is 41.1 Å². The number of carbonyl (C=O) groups is 3. The summed E-state index contributed by atoms with van der Waals surface area (Å²) < 4.78 is 10.4. The molecular weight excluding hydrogens is 468 g/mol. The molecule has 1 aromatic heterocycles. The Hall–Kier alpha value is -4.52. The Bertz CT molecular complexity index is 1410. The third kappa shape index (κ3) is 5.07. The topological polar surface area (TPSA) is 94.6 Å². The first-order valence-electron chi connectivity index (χ1n) is 11.9. The minimum Gasteiger partial charge on any atom is -0.489 e. The minimum absolute atomic E-state index is 0.107. The van der Waals surface area contributed by atoms with Gasteiger partial charge in [-0.1, -0.05) is 48.5 Å². The summed E-state index contributed by atoms with van der Waals surface area (Å²) in [5, 5.41) is 3.07. The molecular formula is C30H28N2O5. The zero-order valence-corrected chi connectivity index (χ0v) is 21.2. The lowest BCUT2D eigenvalue weighted by Gasteiger charge is -2.22. The van der Waals surface area contributed by atoms with Gasteiger partial charge < -0.3 is 14.8 Å². The number of methoxy groups -OCH3 is 2. The van der Waals surface area contributed by atoms with Crippen molar-refractivity contribution in [1.82, 2.24) is 10.3 Å². The SMILES string of the molecule is COC1=C(OC)C(=O)C(Cc2cccc(C(=O)N[C@@H](C)c3ccccc3)c2-c2cccnc2)=C(C)C1=O. The number of carbonyl (C=O) groups excluding carboxylic acids is 3. The maximum absolute atomic E-state index is 13.5. The van der Waals surface area contributed by atoms with Crippen LogP contribution in [0.3, 0.4) is 0 Å². The van der Waals surface area contributed by atoms with E-state index < -0.39 is 11.6 Å². The van der Waals surface area contributed by atoms with Crippen molar-refractivity contribution >= 4 is 17.5 Å². The Balaban J connectivity index is 1.77. The Labute approximate surface area is 215 Å². The fourth-order valence-electron chi connectivity index (χ4n) is 4.48. The lowest BCUT2D eigenvalue weighted by Crippen LogP contribution is -2.28. The number of ketones is 2. The van der Waals surface area contributed by atoms with Gasteiger partial charge in [0.15, 0.2) is 0 Å². The van der Waals surface area contributed by atoms with E-state index >= 15 is 0 Å². The summed E-state index contributed by atoms with van der Waals surface area (Å²) in [5.74, 6) is -1.30. The molecule has 2 aromatic carbocycles. The maximum atomic E-state index is 13.5. The standard InChI is InChI=1S/C30H28N2O5/c1-18-24(27(34)29(37-4)28(36-3)26(18)33)16-21-12-8-14-23(25(21)22-13-9-15-31-17-22)30(35)32-19(2)20-10-6-5-7-11-20/h5-15,17,19H,16H2,1-4H3,(H,32,35)/t19-/m0/s1. The fraction of sp³-hybridized carbons (Fsp3) is 0.200. The second-order valence-corrected chi connectivity index (χ2v) is 8.69. The van der Waals surface area contributed by atoms with Gasteiger partial charge in [-0.3, -0.25) is 19.4 Å². The van der Waals surface area contributed by atoms with Gasteiger partial charge in [-0.2, -0.15) is 0 Å². The van der Waals surface area contributed by atoms with E-state index in [1.807, 2.05) is 49.4 Å². The van der Waals surface area contributed by atoms with Crippen LogP contribution in [0, 0.1) is 0 Å². The van der Waals surface area contributed by atoms with Gasteiger partial charge in [0.2, 0.25) is 23.1 Å². The van der Waals surface area contributed by atoms with E-state index in [1.54, 1.807) is 37.5 Å². The number of ether oxygens (including phenoxy) is 2. The number of aromatic nitrogens is 1. The molecule has 0 fully saturated rings. The highest BCUT2D eigenvalue weighted by atomic mass is 16.5. The van der Waals surface area contributed by atoms with Crippen molar-refractivity contribution in [3.05, 3.63) is 112 Å². The second kappa shape index (κ2) is 11.0. The first kappa shape index (κ1) is 25.6. The molecule has 0 spiro atoms. The summed E-state index contributed by atoms with van der Waals surface area (Å²) in [5.41, 5.74) is 4.09. The number of hydrogen-bond donors (Lipinski definition) is 1. The third-order valence-corrected chi connectivity index (χ3v) is 6.45. The van der Waals surface area contributed by atoms with Crippen LogP contribution < -0.4 is 5.32 Å². The van der Waals surface area contributed by atoms with Crippen LogP contribution >= 0.6 is 0 Å². The number of nitrogens with one attached hydrogen (secondary N) is 1. The van der Waals surface area contributed by atoms with Crippen molar-refractivity contribution < 1.29 is 23.9 Å². The van der Waals surface area contributed by atoms with Crippen LogP contribution in [0.5, 0.6) is 0 Å². The predicted octanol–water partition coefficient (Wildman–Crippen LogP) is 4.75. The van der Waals surface area contributed by atoms with Crippen LogP contribution in [0.25, 0.3) is 11.1 Å². The Morgan fingerprint density at radius 2 is 1.62 bits per heavy atom. The zero-order chi connectivity index (χ0) is 26.5. The maximum Gasteiger partial charge on any atom is 0.252 e. The van der Waals surface area contributed by atoms with Crippen molar-refractivity contribution in [3.63, 3.8) is 0 Å². The molecule has 7 nitrogen and oxygen atoms in total. The van der Waals surface area contributed by atoms with Gasteiger partial charge >= 0.3 is 0 Å². The molecule has 4 rings (SSSR count). The van der Waals surface area contributed by atoms with Crippen LogP contribution in [0.4, 0.5) is 0 Å². The number of benzene rings is 2. The molecule has 1 aliphatic rings. The highest BCUT2D eigenvalue weighted by molar-refractivity contribution is 6.23. The minimum atomic E-state index is -0.416. The van der Waals surface area contributed by atoms with E-state index in [-0.39, 0.29) is 35.5 Å². The highest BCUT2D eigenvalue weighted by Gasteiger charge is 2.35. The third-order valence-electron chi connectivity index (χ3n) is 6.45. The molecule has 1 heterocycles. The average Bonchev–Trinajstić information content (AvgIpc) is 2.93. The summed E-state index contributed by atoms with van der Waals surface area (Å²) in [6.07, 6.45) is 3.45. The lowest BCUT2D eigenvalue weighted by molar-refractivity contribution is -0.121. The monoisotopic (exact) mass is 496 g/mol. The second-order valence-electron chi connectivity index (χ2n) is 8.69. The van der Waals surface area contributed by atoms with Crippen molar-refractivity contribution in [3.8, 4) is 11.1 Å². The molecule has 0 saturated carbocycles. The summed E-state index contributed by atoms with van der Waals surface area (Å²) in [6, 6.07) is 18.5. The average molecular weight is 497 g/mol. The normalized spacial score (nSPS) is 14.5. The molecule has 0 saturated heterocycles. The molecule has 0 aliphatic heterocycles. The first-order valence-corrected chi connectivity index (χ1v) is 11.9. The van der Waals surface area contributed by atoms with Gasteiger partial charge in [0.05, 0.1) is 20.3 Å². The van der Waals surface area contributed by atoms with E-state index in [1.165, 1.54) is 14.2 Å². The highest BCUT2D eigenvalue weighted by Crippen LogP contribution is 2.33.